The van der Waals surface area contributed by atoms with Crippen LogP contribution in [0.15, 0.2) is 0 Å². The minimum Gasteiger partial charge on any atom is -0.199 e. The molecule has 82 valence electrons. The molecule has 2 fully saturated rings. The molecule has 0 aromatic rings. The predicted molar refractivity (Wildman–Crippen MR) is 48.9 cm³/mol. The summed E-state index contributed by atoms with van der Waals surface area (Å²) in [7, 11) is 0. The van der Waals surface area contributed by atoms with Crippen LogP contribution in [0, 0.1) is 0 Å². The second kappa shape index (κ2) is 5.66. The van der Waals surface area contributed by atoms with E-state index in [-0.39, 0.29) is 12.6 Å². The zero-order valence-electron chi connectivity index (χ0n) is 8.44. The Morgan fingerprint density at radius 3 is 1.21 bits per heavy atom. The van der Waals surface area contributed by atoms with Crippen LogP contribution in [0.1, 0.15) is 51.4 Å². The molecule has 0 bridgehead atoms. The highest BCUT2D eigenvalue weighted by molar-refractivity contribution is 4.52. The van der Waals surface area contributed by atoms with E-state index in [4.69, 9.17) is 0 Å². The molecule has 2 aliphatic rings. The van der Waals surface area contributed by atoms with Crippen molar-refractivity contribution < 1.29 is 19.6 Å². The Labute approximate surface area is 84.3 Å². The van der Waals surface area contributed by atoms with Crippen LogP contribution in [-0.4, -0.2) is 12.6 Å². The van der Waals surface area contributed by atoms with Crippen molar-refractivity contribution in [3.63, 3.8) is 0 Å². The van der Waals surface area contributed by atoms with Gasteiger partial charge in [-0.2, -0.15) is 19.6 Å². The molecule has 0 atom stereocenters. The summed E-state index contributed by atoms with van der Waals surface area (Å²) < 4.78 is 0. The molecule has 2 heterocycles. The van der Waals surface area contributed by atoms with Crippen LogP contribution in [0.4, 0.5) is 0 Å². The van der Waals surface area contributed by atoms with E-state index in [0.717, 1.165) is 12.8 Å². The Kier molecular flexibility index (Phi) is 4.19. The molecule has 0 N–H and O–H groups in total. The molecule has 2 aliphatic heterocycles. The van der Waals surface area contributed by atoms with Gasteiger partial charge in [-0.25, -0.2) is 0 Å². The molecular weight excluding hydrogens is 184 g/mol. The van der Waals surface area contributed by atoms with Gasteiger partial charge in [-0.3, -0.25) is 0 Å². The third-order valence-electron chi connectivity index (χ3n) is 2.59. The molecule has 0 saturated carbocycles. The van der Waals surface area contributed by atoms with E-state index in [1.54, 1.807) is 0 Å². The van der Waals surface area contributed by atoms with Crippen molar-refractivity contribution in [3.8, 4) is 0 Å². The van der Waals surface area contributed by atoms with E-state index in [1.165, 1.54) is 38.5 Å². The van der Waals surface area contributed by atoms with E-state index in [0.29, 0.717) is 0 Å². The normalized spacial score (nSPS) is 21.4. The Morgan fingerprint density at radius 2 is 0.857 bits per heavy atom. The molecule has 2 rings (SSSR count). The summed E-state index contributed by atoms with van der Waals surface area (Å²) in [4.78, 5) is 18.6. The largest absolute Gasteiger partial charge is 0.224 e. The lowest BCUT2D eigenvalue weighted by Gasteiger charge is -1.98. The SMILES string of the molecule is C(CCCCC1OO1)CCCC1OO1. The molecule has 0 amide bonds. The number of hydrogen-bond acceptors (Lipinski definition) is 4. The Bertz CT molecular complexity index is 136. The average molecular weight is 202 g/mol. The summed E-state index contributed by atoms with van der Waals surface area (Å²) in [6.45, 7) is 0. The van der Waals surface area contributed by atoms with Crippen LogP contribution in [-0.2, 0) is 19.6 Å². The first-order valence-electron chi connectivity index (χ1n) is 5.59. The summed E-state index contributed by atoms with van der Waals surface area (Å²) in [5, 5.41) is 0. The molecule has 0 aromatic carbocycles. The Morgan fingerprint density at radius 1 is 0.500 bits per heavy atom. The fraction of sp³-hybridized carbons (Fsp3) is 1.00. The third-order valence-corrected chi connectivity index (χ3v) is 2.59. The molecule has 0 aliphatic carbocycles. The van der Waals surface area contributed by atoms with Crippen LogP contribution in [0.5, 0.6) is 0 Å². The van der Waals surface area contributed by atoms with Gasteiger partial charge in [-0.15, -0.1) is 0 Å². The van der Waals surface area contributed by atoms with Gasteiger partial charge in [0.2, 0.25) is 12.6 Å². The van der Waals surface area contributed by atoms with E-state index in [1.807, 2.05) is 0 Å². The molecule has 4 nitrogen and oxygen atoms in total. The fourth-order valence-corrected chi connectivity index (χ4v) is 1.60. The van der Waals surface area contributed by atoms with E-state index < -0.39 is 0 Å². The highest BCUT2D eigenvalue weighted by atomic mass is 17.4. The molecule has 2 saturated heterocycles. The predicted octanol–water partition coefficient (Wildman–Crippen LogP) is 2.68. The minimum absolute atomic E-state index is 0.124. The molecule has 0 unspecified atom stereocenters. The lowest BCUT2D eigenvalue weighted by molar-refractivity contribution is 0.0850. The number of rotatable bonds is 9. The first kappa shape index (κ1) is 10.4. The van der Waals surface area contributed by atoms with Gasteiger partial charge in [0.1, 0.15) is 0 Å². The smallest absolute Gasteiger partial charge is 0.199 e. The zero-order valence-corrected chi connectivity index (χ0v) is 8.44. The van der Waals surface area contributed by atoms with E-state index in [2.05, 4.69) is 19.6 Å². The summed E-state index contributed by atoms with van der Waals surface area (Å²) >= 11 is 0. The molecule has 0 spiro atoms. The highest BCUT2D eigenvalue weighted by Gasteiger charge is 2.24. The van der Waals surface area contributed by atoms with Crippen LogP contribution >= 0.6 is 0 Å². The number of unbranched alkanes of at least 4 members (excludes halogenated alkanes) is 5. The average Bonchev–Trinajstić information content (AvgIpc) is 3.00. The summed E-state index contributed by atoms with van der Waals surface area (Å²) in [5.74, 6) is 0. The molecule has 0 aromatic heterocycles. The lowest BCUT2D eigenvalue weighted by atomic mass is 10.1. The van der Waals surface area contributed by atoms with Crippen molar-refractivity contribution in [1.82, 2.24) is 0 Å². The monoisotopic (exact) mass is 202 g/mol. The van der Waals surface area contributed by atoms with Crippen LogP contribution in [0.25, 0.3) is 0 Å². The van der Waals surface area contributed by atoms with Crippen molar-refractivity contribution in [3.05, 3.63) is 0 Å². The maximum atomic E-state index is 4.66. The van der Waals surface area contributed by atoms with Gasteiger partial charge < -0.3 is 0 Å². The van der Waals surface area contributed by atoms with Crippen LogP contribution in [0.2, 0.25) is 0 Å². The minimum atomic E-state index is 0.124. The van der Waals surface area contributed by atoms with Gasteiger partial charge in [0, 0.05) is 12.8 Å². The van der Waals surface area contributed by atoms with Crippen molar-refractivity contribution in [2.24, 2.45) is 0 Å². The third kappa shape index (κ3) is 4.91. The lowest BCUT2D eigenvalue weighted by Crippen LogP contribution is -1.87. The zero-order chi connectivity index (χ0) is 9.64. The highest BCUT2D eigenvalue weighted by Crippen LogP contribution is 2.21. The molecule has 14 heavy (non-hydrogen) atoms. The molecular formula is C10H18O4. The summed E-state index contributed by atoms with van der Waals surface area (Å²) in [6, 6.07) is 0. The number of hydrogen-bond donors (Lipinski definition) is 0. The summed E-state index contributed by atoms with van der Waals surface area (Å²) in [5.41, 5.74) is 0. The van der Waals surface area contributed by atoms with E-state index in [9.17, 15) is 0 Å². The Balaban J connectivity index is 1.25. The maximum Gasteiger partial charge on any atom is 0.224 e. The second-order valence-electron chi connectivity index (χ2n) is 3.94. The maximum absolute atomic E-state index is 4.66. The first-order valence-corrected chi connectivity index (χ1v) is 5.59. The van der Waals surface area contributed by atoms with Gasteiger partial charge in [0.25, 0.3) is 0 Å². The van der Waals surface area contributed by atoms with Crippen molar-refractivity contribution in [2.45, 2.75) is 63.9 Å². The van der Waals surface area contributed by atoms with Crippen molar-refractivity contribution in [1.29, 1.82) is 0 Å². The van der Waals surface area contributed by atoms with Crippen LogP contribution < -0.4 is 0 Å². The van der Waals surface area contributed by atoms with E-state index >= 15 is 0 Å². The topological polar surface area (TPSA) is 50.1 Å². The van der Waals surface area contributed by atoms with Gasteiger partial charge >= 0.3 is 0 Å². The van der Waals surface area contributed by atoms with Gasteiger partial charge in [-0.1, -0.05) is 25.7 Å². The van der Waals surface area contributed by atoms with Crippen molar-refractivity contribution in [2.75, 3.05) is 0 Å². The standard InChI is InChI=1S/C10H18O4/c1(3-5-7-9-11-12-9)2-4-6-8-10-13-14-10/h9-10H,1-8H2. The molecule has 4 heteroatoms. The Hall–Kier alpha value is -0.160. The second-order valence-corrected chi connectivity index (χ2v) is 3.94. The quantitative estimate of drug-likeness (QED) is 0.327. The first-order chi connectivity index (χ1) is 6.95. The van der Waals surface area contributed by atoms with Gasteiger partial charge in [0.05, 0.1) is 0 Å². The van der Waals surface area contributed by atoms with Crippen LogP contribution in [0.3, 0.4) is 0 Å². The fourth-order valence-electron chi connectivity index (χ4n) is 1.60. The summed E-state index contributed by atoms with van der Waals surface area (Å²) in [6.07, 6.45) is 10.0. The van der Waals surface area contributed by atoms with Gasteiger partial charge in [0.15, 0.2) is 0 Å². The van der Waals surface area contributed by atoms with Crippen molar-refractivity contribution >= 4 is 0 Å². The molecule has 0 radical (unpaired) electrons. The van der Waals surface area contributed by atoms with Gasteiger partial charge in [-0.05, 0) is 12.8 Å².